The lowest BCUT2D eigenvalue weighted by Crippen LogP contribution is -2.20. The van der Waals surface area contributed by atoms with E-state index < -0.39 is 5.91 Å². The van der Waals surface area contributed by atoms with Crippen LogP contribution >= 0.6 is 0 Å². The molecule has 0 atom stereocenters. The van der Waals surface area contributed by atoms with Gasteiger partial charge < -0.3 is 30.1 Å². The molecule has 18 heteroatoms. The largest absolute Gasteiger partial charge is 0.491 e. The van der Waals surface area contributed by atoms with Crippen LogP contribution in [0.5, 0.6) is 5.75 Å². The maximum absolute atomic E-state index is 13.7. The van der Waals surface area contributed by atoms with E-state index in [-0.39, 0.29) is 42.4 Å². The molecule has 1 saturated heterocycles. The quantitative estimate of drug-likeness (QED) is 0.0759. The zero-order chi connectivity index (χ0) is 42.9. The smallest absolute Gasteiger partial charge is 0.276 e. The Morgan fingerprint density at radius 3 is 2.00 bits per heavy atom. The van der Waals surface area contributed by atoms with Gasteiger partial charge in [-0.05, 0) is 102 Å². The Morgan fingerprint density at radius 2 is 1.42 bits per heavy atom. The van der Waals surface area contributed by atoms with Gasteiger partial charge in [-0.25, -0.2) is 9.97 Å². The normalized spacial score (nSPS) is 13.1. The van der Waals surface area contributed by atoms with Crippen molar-refractivity contribution in [2.45, 2.75) is 73.1 Å². The molecule has 7 rings (SSSR count). The molecule has 3 amide bonds. The summed E-state index contributed by atoms with van der Waals surface area (Å²) in [5.74, 6) is 0.0933. The van der Waals surface area contributed by atoms with Gasteiger partial charge in [0, 0.05) is 50.5 Å². The van der Waals surface area contributed by atoms with E-state index in [4.69, 9.17) is 20.2 Å². The first-order chi connectivity index (χ1) is 29.1. The molecule has 1 fully saturated rings. The Hall–Kier alpha value is -6.66. The SMILES string of the molecule is CCn1nc(C)cc1C(=O)Nc1nc2cc(C(N)=O)ccc2n1C/C=C/Cn1c(NC(=O)c2cc(C)nn2CC)nc2cc(C=O)cc(OCCC3CCOCC3)c21.CN. The predicted octanol–water partition coefficient (Wildman–Crippen LogP) is 4.88. The summed E-state index contributed by atoms with van der Waals surface area (Å²) in [6.45, 7) is 10.9. The second-order valence-corrected chi connectivity index (χ2v) is 14.2. The highest BCUT2D eigenvalue weighted by atomic mass is 16.5. The van der Waals surface area contributed by atoms with E-state index in [1.807, 2.05) is 49.0 Å². The van der Waals surface area contributed by atoms with Crippen LogP contribution in [0, 0.1) is 19.8 Å². The van der Waals surface area contributed by atoms with E-state index >= 15 is 0 Å². The predicted molar refractivity (Wildman–Crippen MR) is 227 cm³/mol. The number of aromatic nitrogens is 8. The van der Waals surface area contributed by atoms with Gasteiger partial charge in [0.25, 0.3) is 11.8 Å². The van der Waals surface area contributed by atoms with Crippen molar-refractivity contribution in [3.8, 4) is 5.75 Å². The molecule has 4 aromatic heterocycles. The highest BCUT2D eigenvalue weighted by Gasteiger charge is 2.23. The van der Waals surface area contributed by atoms with Gasteiger partial charge in [-0.1, -0.05) is 12.2 Å². The molecule has 60 heavy (non-hydrogen) atoms. The first-order valence-electron chi connectivity index (χ1n) is 20.0. The number of benzene rings is 2. The Morgan fingerprint density at radius 1 is 0.833 bits per heavy atom. The fraction of sp³-hybridized carbons (Fsp3) is 0.381. The van der Waals surface area contributed by atoms with Gasteiger partial charge in [-0.15, -0.1) is 0 Å². The Kier molecular flexibility index (Phi) is 13.9. The molecule has 0 saturated carbocycles. The summed E-state index contributed by atoms with van der Waals surface area (Å²) in [5, 5.41) is 14.7. The number of carbonyl (C=O) groups is 4. The maximum Gasteiger partial charge on any atom is 0.276 e. The van der Waals surface area contributed by atoms with Gasteiger partial charge in [0.05, 0.1) is 34.5 Å². The van der Waals surface area contributed by atoms with Crippen molar-refractivity contribution >= 4 is 58.0 Å². The molecule has 0 aliphatic carbocycles. The number of aldehydes is 1. The van der Waals surface area contributed by atoms with Crippen molar-refractivity contribution in [1.29, 1.82) is 0 Å². The van der Waals surface area contributed by atoms with Crippen LogP contribution in [-0.2, 0) is 30.9 Å². The highest BCUT2D eigenvalue weighted by Crippen LogP contribution is 2.32. The lowest BCUT2D eigenvalue weighted by atomic mass is 9.97. The molecule has 1 aliphatic rings. The lowest BCUT2D eigenvalue weighted by Gasteiger charge is -2.22. The first kappa shape index (κ1) is 42.9. The third-order valence-electron chi connectivity index (χ3n) is 10.2. The zero-order valence-corrected chi connectivity index (χ0v) is 34.6. The van der Waals surface area contributed by atoms with Crippen LogP contribution in [0.4, 0.5) is 11.9 Å². The molecule has 5 heterocycles. The molecule has 1 aliphatic heterocycles. The number of nitrogens with one attached hydrogen (secondary N) is 2. The number of ether oxygens (including phenoxy) is 2. The summed E-state index contributed by atoms with van der Waals surface area (Å²) in [4.78, 5) is 60.8. The van der Waals surface area contributed by atoms with E-state index in [2.05, 4.69) is 31.5 Å². The number of nitrogens with two attached hydrogens (primary N) is 2. The van der Waals surface area contributed by atoms with E-state index in [0.29, 0.717) is 81.8 Å². The molecule has 0 radical (unpaired) electrons. The monoisotopic (exact) mass is 820 g/mol. The van der Waals surface area contributed by atoms with Crippen LogP contribution in [0.2, 0.25) is 0 Å². The van der Waals surface area contributed by atoms with Gasteiger partial charge in [0.1, 0.15) is 28.9 Å². The Balaban J connectivity index is 0.00000297. The molecule has 0 spiro atoms. The second-order valence-electron chi connectivity index (χ2n) is 14.2. The number of aryl methyl sites for hydroxylation is 4. The van der Waals surface area contributed by atoms with E-state index in [1.54, 1.807) is 51.8 Å². The van der Waals surface area contributed by atoms with Gasteiger partial charge in [-0.3, -0.25) is 39.2 Å². The summed E-state index contributed by atoms with van der Waals surface area (Å²) < 4.78 is 18.8. The zero-order valence-electron chi connectivity index (χ0n) is 34.6. The molecule has 18 nitrogen and oxygen atoms in total. The van der Waals surface area contributed by atoms with Gasteiger partial charge in [-0.2, -0.15) is 10.2 Å². The van der Waals surface area contributed by atoms with Crippen LogP contribution in [0.15, 0.2) is 54.6 Å². The maximum atomic E-state index is 13.7. The number of primary amides is 1. The topological polar surface area (TPSA) is 234 Å². The summed E-state index contributed by atoms with van der Waals surface area (Å²) in [7, 11) is 1.50. The van der Waals surface area contributed by atoms with Gasteiger partial charge in [0.2, 0.25) is 17.8 Å². The molecule has 316 valence electrons. The molecular formula is C42H52N12O6. The summed E-state index contributed by atoms with van der Waals surface area (Å²) in [6.07, 6.45) is 7.31. The Labute approximate surface area is 346 Å². The molecule has 6 N–H and O–H groups in total. The third-order valence-corrected chi connectivity index (χ3v) is 10.2. The first-order valence-corrected chi connectivity index (χ1v) is 20.0. The number of nitrogens with zero attached hydrogens (tertiary/aromatic N) is 8. The van der Waals surface area contributed by atoms with Crippen molar-refractivity contribution in [3.63, 3.8) is 0 Å². The number of anilines is 2. The number of hydrogen-bond donors (Lipinski definition) is 4. The summed E-state index contributed by atoms with van der Waals surface area (Å²) >= 11 is 0. The number of rotatable bonds is 16. The summed E-state index contributed by atoms with van der Waals surface area (Å²) in [6, 6.07) is 11.7. The molecule has 6 aromatic rings. The Bertz CT molecular complexity index is 2540. The average Bonchev–Trinajstić information content (AvgIpc) is 4.02. The minimum absolute atomic E-state index is 0.240. The van der Waals surface area contributed by atoms with Crippen LogP contribution in [-0.4, -0.2) is 89.5 Å². The van der Waals surface area contributed by atoms with E-state index in [9.17, 15) is 19.2 Å². The van der Waals surface area contributed by atoms with Gasteiger partial charge >= 0.3 is 0 Å². The van der Waals surface area contributed by atoms with Crippen molar-refractivity contribution in [1.82, 2.24) is 38.7 Å². The number of amides is 3. The lowest BCUT2D eigenvalue weighted by molar-refractivity contribution is 0.0594. The fourth-order valence-electron chi connectivity index (χ4n) is 7.27. The standard InChI is InChI=1S/C41H47N11O6.CH5N/c1-5-51-33(19-25(3)47-51)38(55)45-40-43-30-23-29(37(42)54)9-10-32(30)49(40)14-7-8-15-50-36-31(44-41(50)46-39(56)34-20-26(4)48-52(34)6-2)21-28(24-53)22-35(36)58-18-13-27-11-16-57-17-12-27;1-2/h7-10,19-24,27H,5-6,11-18H2,1-4H3,(H2,42,54)(H,43,45,55)(H,44,46,56);2H2,1H3/b8-7+;. The third kappa shape index (κ3) is 9.45. The number of carbonyl (C=O) groups excluding carboxylic acids is 4. The highest BCUT2D eigenvalue weighted by molar-refractivity contribution is 6.04. The van der Waals surface area contributed by atoms with Crippen LogP contribution in [0.25, 0.3) is 22.1 Å². The van der Waals surface area contributed by atoms with Crippen molar-refractivity contribution in [2.24, 2.45) is 17.4 Å². The fourth-order valence-corrected chi connectivity index (χ4v) is 7.27. The molecule has 0 unspecified atom stereocenters. The van der Waals surface area contributed by atoms with E-state index in [0.717, 1.165) is 38.8 Å². The minimum atomic E-state index is -0.596. The van der Waals surface area contributed by atoms with Crippen LogP contribution in [0.1, 0.15) is 86.2 Å². The number of fused-ring (bicyclic) bond motifs is 2. The summed E-state index contributed by atoms with van der Waals surface area (Å²) in [5.41, 5.74) is 15.2. The average molecular weight is 821 g/mol. The van der Waals surface area contributed by atoms with Gasteiger partial charge in [0.15, 0.2) is 0 Å². The van der Waals surface area contributed by atoms with Crippen molar-refractivity contribution in [2.75, 3.05) is 37.5 Å². The van der Waals surface area contributed by atoms with Crippen LogP contribution < -0.4 is 26.8 Å². The molecule has 2 aromatic carbocycles. The number of hydrogen-bond acceptors (Lipinski definition) is 11. The number of imidazole rings is 2. The number of allylic oxidation sites excluding steroid dienone is 2. The minimum Gasteiger partial charge on any atom is -0.491 e. The molecule has 0 bridgehead atoms. The molecular weight excluding hydrogens is 769 g/mol. The van der Waals surface area contributed by atoms with E-state index in [1.165, 1.54) is 7.05 Å². The van der Waals surface area contributed by atoms with Crippen molar-refractivity contribution in [3.05, 3.63) is 88.5 Å². The van der Waals surface area contributed by atoms with Crippen molar-refractivity contribution < 1.29 is 28.7 Å². The van der Waals surface area contributed by atoms with Crippen LogP contribution in [0.3, 0.4) is 0 Å². The second kappa shape index (κ2) is 19.4.